The van der Waals surface area contributed by atoms with Gasteiger partial charge in [0, 0.05) is 35.2 Å². The highest BCUT2D eigenvalue weighted by Gasteiger charge is 2.25. The fourth-order valence-electron chi connectivity index (χ4n) is 3.78. The summed E-state index contributed by atoms with van der Waals surface area (Å²) in [5, 5.41) is 28.2. The zero-order valence-electron chi connectivity index (χ0n) is 21.7. The minimum Gasteiger partial charge on any atom is -0.342 e. The monoisotopic (exact) mass is 565 g/mol. The van der Waals surface area contributed by atoms with Gasteiger partial charge in [-0.25, -0.2) is 4.98 Å². The molecule has 0 aliphatic heterocycles. The number of nitro groups is 1. The quantitative estimate of drug-likeness (QED) is 0.155. The van der Waals surface area contributed by atoms with E-state index in [4.69, 9.17) is 0 Å². The van der Waals surface area contributed by atoms with Crippen LogP contribution in [0.4, 0.5) is 10.8 Å². The van der Waals surface area contributed by atoms with Crippen LogP contribution in [0.3, 0.4) is 0 Å². The van der Waals surface area contributed by atoms with E-state index in [1.165, 1.54) is 29.2 Å². The summed E-state index contributed by atoms with van der Waals surface area (Å²) in [6, 6.07) is 13.5. The first-order valence-electron chi connectivity index (χ1n) is 12.0. The zero-order valence-corrected chi connectivity index (χ0v) is 23.4. The van der Waals surface area contributed by atoms with Gasteiger partial charge in [0.05, 0.1) is 22.4 Å². The maximum atomic E-state index is 12.7. The summed E-state index contributed by atoms with van der Waals surface area (Å²) in [5.41, 5.74) is 2.28. The third-order valence-corrected chi connectivity index (χ3v) is 7.70. The van der Waals surface area contributed by atoms with E-state index < -0.39 is 4.92 Å². The first-order chi connectivity index (χ1) is 18.6. The number of nitrogens with one attached hydrogen (secondary N) is 2. The van der Waals surface area contributed by atoms with Crippen LogP contribution in [0.25, 0.3) is 11.3 Å². The van der Waals surface area contributed by atoms with Gasteiger partial charge in [-0.15, -0.1) is 21.5 Å². The number of nitrogens with zero attached hydrogens (tertiary/aromatic N) is 5. The molecule has 0 spiro atoms. The van der Waals surface area contributed by atoms with E-state index in [-0.39, 0.29) is 35.2 Å². The number of benzene rings is 2. The van der Waals surface area contributed by atoms with Gasteiger partial charge in [-0.1, -0.05) is 55.9 Å². The van der Waals surface area contributed by atoms with Crippen LogP contribution in [0, 0.1) is 23.0 Å². The van der Waals surface area contributed by atoms with Gasteiger partial charge in [0.15, 0.2) is 16.1 Å². The minimum atomic E-state index is -0.427. The van der Waals surface area contributed by atoms with Crippen LogP contribution in [0.15, 0.2) is 59.1 Å². The Morgan fingerprint density at radius 2 is 1.90 bits per heavy atom. The highest BCUT2D eigenvalue weighted by atomic mass is 32.2. The number of amides is 2. The van der Waals surface area contributed by atoms with Crippen LogP contribution in [-0.4, -0.2) is 42.2 Å². The van der Waals surface area contributed by atoms with E-state index in [0.29, 0.717) is 38.5 Å². The molecule has 11 nitrogen and oxygen atoms in total. The molecule has 0 aliphatic rings. The molecular formula is C26H27N7O4S2. The van der Waals surface area contributed by atoms with Crippen molar-refractivity contribution in [1.29, 1.82) is 0 Å². The maximum Gasteiger partial charge on any atom is 0.272 e. The van der Waals surface area contributed by atoms with Crippen molar-refractivity contribution in [1.82, 2.24) is 25.1 Å². The first kappa shape index (κ1) is 27.9. The van der Waals surface area contributed by atoms with Crippen molar-refractivity contribution in [3.8, 4) is 11.3 Å². The van der Waals surface area contributed by atoms with E-state index in [1.807, 2.05) is 32.0 Å². The predicted octanol–water partition coefficient (Wildman–Crippen LogP) is 5.01. The molecule has 2 heterocycles. The van der Waals surface area contributed by atoms with Gasteiger partial charge in [0.2, 0.25) is 5.91 Å². The fourth-order valence-corrected chi connectivity index (χ4v) is 5.23. The molecule has 202 valence electrons. The summed E-state index contributed by atoms with van der Waals surface area (Å²) in [6.45, 7) is 5.65. The van der Waals surface area contributed by atoms with Crippen LogP contribution in [-0.2, 0) is 11.8 Å². The van der Waals surface area contributed by atoms with Crippen molar-refractivity contribution < 1.29 is 14.5 Å². The molecule has 13 heteroatoms. The highest BCUT2D eigenvalue weighted by molar-refractivity contribution is 7.99. The normalized spacial score (nSPS) is 11.8. The number of thioether (sulfide) groups is 1. The maximum absolute atomic E-state index is 12.7. The number of carbonyl (C=O) groups excluding carboxylic acids is 2. The van der Waals surface area contributed by atoms with Gasteiger partial charge >= 0.3 is 0 Å². The minimum absolute atomic E-state index is 0.0184. The van der Waals surface area contributed by atoms with E-state index in [1.54, 1.807) is 48.2 Å². The van der Waals surface area contributed by atoms with E-state index in [0.717, 1.165) is 0 Å². The zero-order chi connectivity index (χ0) is 28.1. The molecule has 2 amide bonds. The molecule has 0 fully saturated rings. The van der Waals surface area contributed by atoms with E-state index >= 15 is 0 Å². The van der Waals surface area contributed by atoms with Crippen molar-refractivity contribution in [2.45, 2.75) is 32.0 Å². The molecule has 4 aromatic rings. The number of carbonyl (C=O) groups is 2. The lowest BCUT2D eigenvalue weighted by molar-refractivity contribution is -0.385. The van der Waals surface area contributed by atoms with Crippen LogP contribution in [0.1, 0.15) is 41.6 Å². The summed E-state index contributed by atoms with van der Waals surface area (Å²) >= 11 is 2.45. The van der Waals surface area contributed by atoms with Crippen molar-refractivity contribution in [3.63, 3.8) is 0 Å². The van der Waals surface area contributed by atoms with E-state index in [9.17, 15) is 19.7 Å². The van der Waals surface area contributed by atoms with Gasteiger partial charge in [-0.2, -0.15) is 0 Å². The fraction of sp³-hybridized carbons (Fsp3) is 0.269. The van der Waals surface area contributed by atoms with Crippen LogP contribution >= 0.6 is 23.1 Å². The molecule has 0 saturated heterocycles. The van der Waals surface area contributed by atoms with Crippen molar-refractivity contribution >= 4 is 45.7 Å². The molecule has 2 aromatic heterocycles. The van der Waals surface area contributed by atoms with Gasteiger partial charge < -0.3 is 15.2 Å². The second kappa shape index (κ2) is 12.2. The summed E-state index contributed by atoms with van der Waals surface area (Å²) in [4.78, 5) is 40.6. The largest absolute Gasteiger partial charge is 0.342 e. The number of aryl methyl sites for hydroxylation is 1. The van der Waals surface area contributed by atoms with Crippen LogP contribution in [0.5, 0.6) is 0 Å². The number of aromatic nitrogens is 4. The second-order valence-electron chi connectivity index (χ2n) is 9.09. The smallest absolute Gasteiger partial charge is 0.272 e. The molecule has 2 aromatic carbocycles. The van der Waals surface area contributed by atoms with Crippen molar-refractivity contribution in [3.05, 3.63) is 81.0 Å². The van der Waals surface area contributed by atoms with Crippen LogP contribution < -0.4 is 10.6 Å². The molecule has 1 atom stereocenters. The summed E-state index contributed by atoms with van der Waals surface area (Å²) in [6.07, 6.45) is 0. The molecule has 0 aliphatic carbocycles. The standard InChI is InChI=1S/C26H27N7O4S2/c1-15(2)22(29-24(35)17-8-6-5-7-9-17)23-30-31-26(32(23)4)39-14-21(34)28-25-27-19(13-38-25)18-11-10-16(3)20(12-18)33(36)37/h5-13,15,22H,14H2,1-4H3,(H,29,35)(H,27,28,34)/t22-/m1/s1. The van der Waals surface area contributed by atoms with Crippen LogP contribution in [0.2, 0.25) is 0 Å². The molecule has 39 heavy (non-hydrogen) atoms. The molecule has 0 unspecified atom stereocenters. The molecular weight excluding hydrogens is 538 g/mol. The molecule has 0 radical (unpaired) electrons. The SMILES string of the molecule is Cc1ccc(-c2csc(NC(=O)CSc3nnc([C@H](NC(=O)c4ccccc4)C(C)C)n3C)n2)cc1[N+](=O)[O-]. The third-order valence-electron chi connectivity index (χ3n) is 5.92. The van der Waals surface area contributed by atoms with Gasteiger partial charge in [0.25, 0.3) is 11.6 Å². The Bertz CT molecular complexity index is 1500. The third kappa shape index (κ3) is 6.67. The van der Waals surface area contributed by atoms with Gasteiger partial charge in [0.1, 0.15) is 0 Å². The Hall–Kier alpha value is -4.10. The number of hydrogen-bond acceptors (Lipinski definition) is 9. The average molecular weight is 566 g/mol. The Labute approximate surface area is 233 Å². The predicted molar refractivity (Wildman–Crippen MR) is 151 cm³/mol. The Kier molecular flexibility index (Phi) is 8.72. The lowest BCUT2D eigenvalue weighted by Crippen LogP contribution is -2.33. The van der Waals surface area contributed by atoms with Crippen molar-refractivity contribution in [2.75, 3.05) is 11.1 Å². The summed E-state index contributed by atoms with van der Waals surface area (Å²) < 4.78 is 1.78. The lowest BCUT2D eigenvalue weighted by atomic mass is 10.0. The number of rotatable bonds is 10. The highest BCUT2D eigenvalue weighted by Crippen LogP contribution is 2.30. The van der Waals surface area contributed by atoms with Gasteiger partial charge in [-0.3, -0.25) is 19.7 Å². The number of thiazole rings is 1. The Balaban J connectivity index is 1.38. The molecule has 0 saturated carbocycles. The molecule has 4 rings (SSSR count). The topological polar surface area (TPSA) is 145 Å². The lowest BCUT2D eigenvalue weighted by Gasteiger charge is -2.21. The first-order valence-corrected chi connectivity index (χ1v) is 13.9. The molecule has 2 N–H and O–H groups in total. The van der Waals surface area contributed by atoms with Crippen molar-refractivity contribution in [2.24, 2.45) is 13.0 Å². The van der Waals surface area contributed by atoms with E-state index in [2.05, 4.69) is 25.8 Å². The summed E-state index contributed by atoms with van der Waals surface area (Å²) in [5.74, 6) is 0.233. The Morgan fingerprint density at radius 3 is 2.59 bits per heavy atom. The Morgan fingerprint density at radius 1 is 1.15 bits per heavy atom. The number of hydrogen-bond donors (Lipinski definition) is 2. The van der Waals surface area contributed by atoms with Gasteiger partial charge in [-0.05, 0) is 25.0 Å². The summed E-state index contributed by atoms with van der Waals surface area (Å²) in [7, 11) is 1.80. The number of nitro benzene ring substituents is 1. The second-order valence-corrected chi connectivity index (χ2v) is 10.9. The average Bonchev–Trinajstić information content (AvgIpc) is 3.52. The number of anilines is 1. The molecule has 0 bridgehead atoms.